The molecule has 9 heteroatoms. The zero-order valence-corrected chi connectivity index (χ0v) is 21.6. The van der Waals surface area contributed by atoms with Gasteiger partial charge in [-0.1, -0.05) is 19.1 Å². The van der Waals surface area contributed by atoms with Crippen molar-refractivity contribution in [1.82, 2.24) is 15.6 Å². The molecular formula is C28H35N5O4. The largest absolute Gasteiger partial charge is 0.490 e. The monoisotopic (exact) mass is 505 g/mol. The third kappa shape index (κ3) is 5.94. The molecule has 2 aromatic carbocycles. The number of ether oxygens (including phenoxy) is 2. The summed E-state index contributed by atoms with van der Waals surface area (Å²) >= 11 is 0. The molecule has 1 aliphatic rings. The van der Waals surface area contributed by atoms with E-state index >= 15 is 0 Å². The van der Waals surface area contributed by atoms with Crippen LogP contribution in [0.15, 0.2) is 36.5 Å². The summed E-state index contributed by atoms with van der Waals surface area (Å²) in [7, 11) is 0. The van der Waals surface area contributed by atoms with Crippen molar-refractivity contribution in [2.24, 2.45) is 5.73 Å². The van der Waals surface area contributed by atoms with Crippen LogP contribution in [0, 0.1) is 0 Å². The van der Waals surface area contributed by atoms with Crippen molar-refractivity contribution in [2.75, 3.05) is 25.1 Å². The summed E-state index contributed by atoms with van der Waals surface area (Å²) in [5, 5.41) is 10.5. The number of primary amides is 1. The minimum Gasteiger partial charge on any atom is -0.490 e. The number of anilines is 2. The number of aromatic nitrogens is 1. The van der Waals surface area contributed by atoms with Crippen molar-refractivity contribution in [3.8, 4) is 11.5 Å². The number of amides is 2. The summed E-state index contributed by atoms with van der Waals surface area (Å²) in [6, 6.07) is 9.62. The molecule has 37 heavy (non-hydrogen) atoms. The molecule has 0 saturated carbocycles. The SMILES string of the molecule is CCOc1cc2ncc(CC(N)=O)c(Nc3cccc(CNC(=O)[C@@H]4CCN4)c3CC)c2cc1OCC. The average molecular weight is 506 g/mol. The van der Waals surface area contributed by atoms with E-state index in [-0.39, 0.29) is 18.4 Å². The summed E-state index contributed by atoms with van der Waals surface area (Å²) < 4.78 is 11.6. The Morgan fingerprint density at radius 1 is 1.11 bits per heavy atom. The molecule has 3 aromatic rings. The standard InChI is InChI=1S/C28H35N5O4/c1-4-19-17(15-32-28(35)22-10-11-30-22)8-7-9-21(19)33-27-18(12-26(29)34)16-31-23-14-25(37-6-3)24(36-5-2)13-20(23)27/h7-9,13-14,16,22,30H,4-6,10-12,15H2,1-3H3,(H2,29,34)(H,31,33)(H,32,35)/t22-/m0/s1. The van der Waals surface area contributed by atoms with Gasteiger partial charge in [-0.3, -0.25) is 14.6 Å². The highest BCUT2D eigenvalue weighted by molar-refractivity contribution is 5.98. The first-order chi connectivity index (χ1) is 17.9. The van der Waals surface area contributed by atoms with Gasteiger partial charge in [-0.25, -0.2) is 0 Å². The normalized spacial score (nSPS) is 14.6. The highest BCUT2D eigenvalue weighted by atomic mass is 16.5. The first-order valence-electron chi connectivity index (χ1n) is 12.8. The first kappa shape index (κ1) is 26.2. The van der Waals surface area contributed by atoms with E-state index in [0.717, 1.165) is 47.3 Å². The molecule has 0 radical (unpaired) electrons. The van der Waals surface area contributed by atoms with E-state index in [0.29, 0.717) is 42.3 Å². The zero-order chi connectivity index (χ0) is 26.4. The minimum atomic E-state index is -0.447. The Morgan fingerprint density at radius 2 is 1.84 bits per heavy atom. The van der Waals surface area contributed by atoms with E-state index in [9.17, 15) is 9.59 Å². The number of fused-ring (bicyclic) bond motifs is 1. The van der Waals surface area contributed by atoms with Gasteiger partial charge in [-0.15, -0.1) is 0 Å². The van der Waals surface area contributed by atoms with Gasteiger partial charge in [0.15, 0.2) is 11.5 Å². The fourth-order valence-electron chi connectivity index (χ4n) is 4.53. The fourth-order valence-corrected chi connectivity index (χ4v) is 4.53. The van der Waals surface area contributed by atoms with Crippen LogP contribution in [0.1, 0.15) is 43.9 Å². The lowest BCUT2D eigenvalue weighted by molar-refractivity contribution is -0.124. The van der Waals surface area contributed by atoms with Gasteiger partial charge in [-0.2, -0.15) is 0 Å². The predicted molar refractivity (Wildman–Crippen MR) is 144 cm³/mol. The Bertz CT molecular complexity index is 1290. The van der Waals surface area contributed by atoms with Crippen LogP contribution in [0.3, 0.4) is 0 Å². The van der Waals surface area contributed by atoms with Gasteiger partial charge in [0.05, 0.1) is 36.9 Å². The highest BCUT2D eigenvalue weighted by Gasteiger charge is 2.24. The predicted octanol–water partition coefficient (Wildman–Crippen LogP) is 3.34. The van der Waals surface area contributed by atoms with Gasteiger partial charge < -0.3 is 31.2 Å². The Morgan fingerprint density at radius 3 is 2.46 bits per heavy atom. The van der Waals surface area contributed by atoms with Crippen LogP contribution in [-0.2, 0) is 29.0 Å². The van der Waals surface area contributed by atoms with Gasteiger partial charge in [0.2, 0.25) is 11.8 Å². The molecular weight excluding hydrogens is 470 g/mol. The zero-order valence-electron chi connectivity index (χ0n) is 21.6. The van der Waals surface area contributed by atoms with Crippen LogP contribution in [0.4, 0.5) is 11.4 Å². The van der Waals surface area contributed by atoms with Crippen LogP contribution in [-0.4, -0.2) is 42.6 Å². The third-order valence-electron chi connectivity index (χ3n) is 6.46. The fraction of sp³-hybridized carbons (Fsp3) is 0.393. The Balaban J connectivity index is 1.75. The van der Waals surface area contributed by atoms with Crippen molar-refractivity contribution < 1.29 is 19.1 Å². The summed E-state index contributed by atoms with van der Waals surface area (Å²) in [5.74, 6) is 0.793. The van der Waals surface area contributed by atoms with Crippen LogP contribution in [0.5, 0.6) is 11.5 Å². The van der Waals surface area contributed by atoms with Crippen molar-refractivity contribution in [1.29, 1.82) is 0 Å². The number of pyridine rings is 1. The second-order valence-electron chi connectivity index (χ2n) is 8.92. The lowest BCUT2D eigenvalue weighted by atomic mass is 10.0. The van der Waals surface area contributed by atoms with Crippen molar-refractivity contribution in [3.63, 3.8) is 0 Å². The molecule has 0 spiro atoms. The molecule has 1 saturated heterocycles. The molecule has 196 valence electrons. The molecule has 2 heterocycles. The second kappa shape index (κ2) is 11.9. The van der Waals surface area contributed by atoms with Crippen LogP contribution < -0.4 is 31.2 Å². The van der Waals surface area contributed by atoms with Crippen LogP contribution >= 0.6 is 0 Å². The summed E-state index contributed by atoms with van der Waals surface area (Å²) in [5.41, 5.74) is 10.7. The molecule has 0 unspecified atom stereocenters. The van der Waals surface area contributed by atoms with Gasteiger partial charge in [0.25, 0.3) is 0 Å². The molecule has 5 N–H and O–H groups in total. The van der Waals surface area contributed by atoms with E-state index < -0.39 is 5.91 Å². The Labute approximate surface area is 217 Å². The Hall–Kier alpha value is -3.85. The number of nitrogens with zero attached hydrogens (tertiary/aromatic N) is 1. The number of nitrogens with one attached hydrogen (secondary N) is 3. The highest BCUT2D eigenvalue weighted by Crippen LogP contribution is 2.38. The van der Waals surface area contributed by atoms with E-state index in [4.69, 9.17) is 15.2 Å². The number of carbonyl (C=O) groups excluding carboxylic acids is 2. The van der Waals surface area contributed by atoms with Crippen LogP contribution in [0.25, 0.3) is 10.9 Å². The average Bonchev–Trinajstić information content (AvgIpc) is 2.83. The number of hydrogen-bond donors (Lipinski definition) is 4. The smallest absolute Gasteiger partial charge is 0.237 e. The third-order valence-corrected chi connectivity index (χ3v) is 6.46. The number of hydrogen-bond acceptors (Lipinski definition) is 7. The van der Waals surface area contributed by atoms with Crippen molar-refractivity contribution >= 4 is 34.1 Å². The van der Waals surface area contributed by atoms with Crippen molar-refractivity contribution in [2.45, 2.75) is 52.6 Å². The molecule has 0 aliphatic carbocycles. The maximum absolute atomic E-state index is 12.4. The molecule has 1 fully saturated rings. The maximum Gasteiger partial charge on any atom is 0.237 e. The van der Waals surface area contributed by atoms with E-state index in [1.165, 1.54) is 0 Å². The molecule has 1 atom stereocenters. The van der Waals surface area contributed by atoms with Crippen LogP contribution in [0.2, 0.25) is 0 Å². The van der Waals surface area contributed by atoms with E-state index in [2.05, 4.69) is 27.9 Å². The maximum atomic E-state index is 12.4. The van der Waals surface area contributed by atoms with E-state index in [1.54, 1.807) is 6.20 Å². The number of carbonyl (C=O) groups is 2. The van der Waals surface area contributed by atoms with Gasteiger partial charge in [0.1, 0.15) is 0 Å². The van der Waals surface area contributed by atoms with Gasteiger partial charge in [0, 0.05) is 35.4 Å². The summed E-state index contributed by atoms with van der Waals surface area (Å²) in [6.07, 6.45) is 3.32. The van der Waals surface area contributed by atoms with Gasteiger partial charge >= 0.3 is 0 Å². The summed E-state index contributed by atoms with van der Waals surface area (Å²) in [6.45, 7) is 8.20. The molecule has 0 bridgehead atoms. The minimum absolute atomic E-state index is 0.0177. The second-order valence-corrected chi connectivity index (χ2v) is 8.92. The number of nitrogens with two attached hydrogens (primary N) is 1. The molecule has 9 nitrogen and oxygen atoms in total. The topological polar surface area (TPSA) is 128 Å². The first-order valence-corrected chi connectivity index (χ1v) is 12.8. The molecule has 1 aromatic heterocycles. The lowest BCUT2D eigenvalue weighted by Gasteiger charge is -2.26. The molecule has 2 amide bonds. The lowest BCUT2D eigenvalue weighted by Crippen LogP contribution is -2.53. The van der Waals surface area contributed by atoms with Gasteiger partial charge in [-0.05, 0) is 56.5 Å². The quantitative estimate of drug-likeness (QED) is 0.297. The molecule has 1 aliphatic heterocycles. The van der Waals surface area contributed by atoms with Crippen molar-refractivity contribution in [3.05, 3.63) is 53.2 Å². The summed E-state index contributed by atoms with van der Waals surface area (Å²) in [4.78, 5) is 28.9. The van der Waals surface area contributed by atoms with E-state index in [1.807, 2.05) is 44.2 Å². The number of benzene rings is 2. The Kier molecular flexibility index (Phi) is 8.45. The number of rotatable bonds is 12. The molecule has 4 rings (SSSR count).